The van der Waals surface area contributed by atoms with Gasteiger partial charge in [-0.2, -0.15) is 5.10 Å². The molecule has 30 heavy (non-hydrogen) atoms. The molecule has 1 heterocycles. The van der Waals surface area contributed by atoms with E-state index in [0.29, 0.717) is 17.9 Å². The van der Waals surface area contributed by atoms with E-state index in [9.17, 15) is 9.59 Å². The molecule has 1 N–H and O–H groups in total. The number of amides is 3. The number of hydrazone groups is 1. The summed E-state index contributed by atoms with van der Waals surface area (Å²) in [5.74, 6) is 0.251. The van der Waals surface area contributed by atoms with Gasteiger partial charge in [0.15, 0.2) is 0 Å². The fraction of sp³-hybridized carbons (Fsp3) is 0.125. The second-order valence-electron chi connectivity index (χ2n) is 7.13. The number of hydrogen-bond donors (Lipinski definition) is 1. The maximum absolute atomic E-state index is 12.9. The molecule has 3 aromatic carbocycles. The van der Waals surface area contributed by atoms with Crippen LogP contribution in [-0.4, -0.2) is 23.2 Å². The van der Waals surface area contributed by atoms with E-state index in [1.165, 1.54) is 6.21 Å². The predicted octanol–water partition coefficient (Wildman–Crippen LogP) is 4.07. The summed E-state index contributed by atoms with van der Waals surface area (Å²) >= 11 is 0. The van der Waals surface area contributed by atoms with Gasteiger partial charge in [-0.05, 0) is 35.7 Å². The third-order valence-corrected chi connectivity index (χ3v) is 4.95. The topological polar surface area (TPSA) is 71.0 Å². The Morgan fingerprint density at radius 2 is 1.67 bits per heavy atom. The van der Waals surface area contributed by atoms with Crippen molar-refractivity contribution in [3.8, 4) is 5.75 Å². The lowest BCUT2D eigenvalue weighted by Crippen LogP contribution is -2.40. The van der Waals surface area contributed by atoms with Crippen LogP contribution in [0.3, 0.4) is 0 Å². The molecular formula is C24H21N3O3. The molecule has 6 heteroatoms. The van der Waals surface area contributed by atoms with Gasteiger partial charge in [0.25, 0.3) is 5.91 Å². The molecule has 3 amide bonds. The zero-order valence-corrected chi connectivity index (χ0v) is 16.5. The van der Waals surface area contributed by atoms with Crippen LogP contribution in [0, 0.1) is 0 Å². The number of hydrogen-bond acceptors (Lipinski definition) is 4. The third kappa shape index (κ3) is 3.93. The summed E-state index contributed by atoms with van der Waals surface area (Å²) in [4.78, 5) is 25.3. The van der Waals surface area contributed by atoms with Gasteiger partial charge in [0.2, 0.25) is 0 Å². The van der Waals surface area contributed by atoms with Crippen molar-refractivity contribution in [2.24, 2.45) is 5.10 Å². The molecule has 0 aliphatic carbocycles. The van der Waals surface area contributed by atoms with E-state index < -0.39 is 17.5 Å². The molecule has 150 valence electrons. The van der Waals surface area contributed by atoms with Gasteiger partial charge in [-0.1, -0.05) is 72.8 Å². The predicted molar refractivity (Wildman–Crippen MR) is 114 cm³/mol. The van der Waals surface area contributed by atoms with Gasteiger partial charge < -0.3 is 10.1 Å². The summed E-state index contributed by atoms with van der Waals surface area (Å²) in [6.07, 6.45) is 1.48. The highest BCUT2D eigenvalue weighted by Crippen LogP contribution is 2.28. The molecule has 1 aliphatic heterocycles. The fourth-order valence-corrected chi connectivity index (χ4v) is 3.25. The Morgan fingerprint density at radius 1 is 0.967 bits per heavy atom. The first-order chi connectivity index (χ1) is 14.6. The minimum absolute atomic E-state index is 0.425. The molecule has 1 atom stereocenters. The lowest BCUT2D eigenvalue weighted by atomic mass is 9.92. The lowest BCUT2D eigenvalue weighted by molar-refractivity contribution is -0.131. The zero-order chi connectivity index (χ0) is 21.0. The zero-order valence-electron chi connectivity index (χ0n) is 16.5. The van der Waals surface area contributed by atoms with Crippen molar-refractivity contribution in [1.29, 1.82) is 0 Å². The molecule has 4 rings (SSSR count). The Labute approximate surface area is 174 Å². The van der Waals surface area contributed by atoms with Crippen molar-refractivity contribution < 1.29 is 14.3 Å². The first-order valence-electron chi connectivity index (χ1n) is 9.59. The first kappa shape index (κ1) is 19.4. The van der Waals surface area contributed by atoms with Crippen molar-refractivity contribution in [2.45, 2.75) is 19.1 Å². The Kier molecular flexibility index (Phi) is 5.30. The highest BCUT2D eigenvalue weighted by Gasteiger charge is 2.49. The average Bonchev–Trinajstić information content (AvgIpc) is 3.01. The molecular weight excluding hydrogens is 378 g/mol. The average molecular weight is 399 g/mol. The second-order valence-corrected chi connectivity index (χ2v) is 7.13. The number of nitrogens with one attached hydrogen (secondary N) is 1. The number of rotatable bonds is 6. The van der Waals surface area contributed by atoms with Crippen molar-refractivity contribution in [3.63, 3.8) is 0 Å². The second kappa shape index (κ2) is 8.21. The minimum atomic E-state index is -1.14. The van der Waals surface area contributed by atoms with Gasteiger partial charge in [-0.3, -0.25) is 4.79 Å². The number of carbonyl (C=O) groups is 2. The van der Waals surface area contributed by atoms with E-state index in [-0.39, 0.29) is 0 Å². The summed E-state index contributed by atoms with van der Waals surface area (Å²) < 4.78 is 5.82. The molecule has 1 aliphatic rings. The van der Waals surface area contributed by atoms with Crippen molar-refractivity contribution in [1.82, 2.24) is 10.3 Å². The Bertz CT molecular complexity index is 1080. The molecule has 0 saturated carbocycles. The largest absolute Gasteiger partial charge is 0.489 e. The maximum Gasteiger partial charge on any atom is 0.346 e. The van der Waals surface area contributed by atoms with Gasteiger partial charge in [-0.25, -0.2) is 4.79 Å². The number of ether oxygens (including phenoxy) is 1. The van der Waals surface area contributed by atoms with Gasteiger partial charge in [0, 0.05) is 0 Å². The van der Waals surface area contributed by atoms with Crippen LogP contribution in [0.4, 0.5) is 4.79 Å². The highest BCUT2D eigenvalue weighted by molar-refractivity contribution is 6.07. The molecule has 0 radical (unpaired) electrons. The first-order valence-corrected chi connectivity index (χ1v) is 9.59. The summed E-state index contributed by atoms with van der Waals surface area (Å²) in [6.45, 7) is 2.13. The van der Waals surface area contributed by atoms with E-state index in [0.717, 1.165) is 16.1 Å². The number of urea groups is 1. The standard InChI is InChI=1S/C24H21N3O3/c1-24(20-12-6-3-7-13-20)22(28)27(23(29)26-24)25-16-19-11-8-14-21(15-19)30-17-18-9-4-2-5-10-18/h2-16H,17H2,1H3,(H,26,29)/b25-16-/t24-/m1/s1. The molecule has 0 unspecified atom stereocenters. The van der Waals surface area contributed by atoms with Gasteiger partial charge in [-0.15, -0.1) is 5.01 Å². The molecule has 3 aromatic rings. The molecule has 0 bridgehead atoms. The van der Waals surface area contributed by atoms with Crippen LogP contribution in [0.2, 0.25) is 0 Å². The summed E-state index contributed by atoms with van der Waals surface area (Å²) in [5, 5.41) is 7.72. The highest BCUT2D eigenvalue weighted by atomic mass is 16.5. The van der Waals surface area contributed by atoms with Crippen molar-refractivity contribution in [3.05, 3.63) is 102 Å². The number of imide groups is 1. The van der Waals surface area contributed by atoms with Crippen LogP contribution in [0.1, 0.15) is 23.6 Å². The maximum atomic E-state index is 12.9. The Balaban J connectivity index is 1.47. The van der Waals surface area contributed by atoms with E-state index >= 15 is 0 Å². The summed E-state index contributed by atoms with van der Waals surface area (Å²) in [6, 6.07) is 25.7. The van der Waals surface area contributed by atoms with Crippen LogP contribution in [-0.2, 0) is 16.9 Å². The Hall–Kier alpha value is -3.93. The number of carbonyl (C=O) groups excluding carboxylic acids is 2. The van der Waals surface area contributed by atoms with Gasteiger partial charge in [0.05, 0.1) is 6.21 Å². The van der Waals surface area contributed by atoms with E-state index in [1.54, 1.807) is 25.1 Å². The Morgan fingerprint density at radius 3 is 2.40 bits per heavy atom. The van der Waals surface area contributed by atoms with Gasteiger partial charge >= 0.3 is 6.03 Å². The SMILES string of the molecule is C[C@]1(c2ccccc2)NC(=O)N(/N=C\c2cccc(OCc3ccccc3)c2)C1=O. The smallest absolute Gasteiger partial charge is 0.346 e. The third-order valence-electron chi connectivity index (χ3n) is 4.95. The number of nitrogens with zero attached hydrogens (tertiary/aromatic N) is 2. The van der Waals surface area contributed by atoms with Crippen LogP contribution < -0.4 is 10.1 Å². The van der Waals surface area contributed by atoms with Crippen LogP contribution in [0.25, 0.3) is 0 Å². The summed E-state index contributed by atoms with van der Waals surface area (Å²) in [7, 11) is 0. The monoisotopic (exact) mass is 399 g/mol. The molecule has 6 nitrogen and oxygen atoms in total. The van der Waals surface area contributed by atoms with Crippen LogP contribution in [0.15, 0.2) is 90.0 Å². The van der Waals surface area contributed by atoms with Gasteiger partial charge in [0.1, 0.15) is 17.9 Å². The van der Waals surface area contributed by atoms with E-state index in [4.69, 9.17) is 4.74 Å². The molecule has 0 aromatic heterocycles. The van der Waals surface area contributed by atoms with Crippen molar-refractivity contribution >= 4 is 18.2 Å². The van der Waals surface area contributed by atoms with Crippen LogP contribution >= 0.6 is 0 Å². The molecule has 1 fully saturated rings. The number of benzene rings is 3. The fourth-order valence-electron chi connectivity index (χ4n) is 3.25. The lowest BCUT2D eigenvalue weighted by Gasteiger charge is -2.20. The van der Waals surface area contributed by atoms with Crippen molar-refractivity contribution in [2.75, 3.05) is 0 Å². The molecule has 0 spiro atoms. The normalized spacial score (nSPS) is 18.6. The molecule has 1 saturated heterocycles. The van der Waals surface area contributed by atoms with E-state index in [1.807, 2.05) is 66.7 Å². The van der Waals surface area contributed by atoms with Crippen LogP contribution in [0.5, 0.6) is 5.75 Å². The minimum Gasteiger partial charge on any atom is -0.489 e. The quantitative estimate of drug-likeness (QED) is 0.502. The van der Waals surface area contributed by atoms with E-state index in [2.05, 4.69) is 10.4 Å². The summed E-state index contributed by atoms with van der Waals surface area (Å²) in [5.41, 5.74) is 1.35.